The molecule has 0 saturated carbocycles. The van der Waals surface area contributed by atoms with Crippen molar-refractivity contribution in [1.29, 1.82) is 0 Å². The number of hydrogen-bond donors (Lipinski definition) is 2. The van der Waals surface area contributed by atoms with Gasteiger partial charge in [0.15, 0.2) is 0 Å². The lowest BCUT2D eigenvalue weighted by molar-refractivity contribution is -0.118. The lowest BCUT2D eigenvalue weighted by Crippen LogP contribution is -2.39. The number of carbonyl (C=O) groups is 1. The Kier molecular flexibility index (Phi) is 5.54. The van der Waals surface area contributed by atoms with Crippen LogP contribution in [-0.2, 0) is 9.53 Å². The molecule has 100 valence electrons. The molecular weight excluding hydrogens is 234 g/mol. The summed E-state index contributed by atoms with van der Waals surface area (Å²) in [5, 5.41) is 2.67. The molecule has 0 spiro atoms. The Morgan fingerprint density at radius 3 is 2.89 bits per heavy atom. The third kappa shape index (κ3) is 4.31. The van der Waals surface area contributed by atoms with Gasteiger partial charge in [0.2, 0.25) is 11.8 Å². The van der Waals surface area contributed by atoms with Gasteiger partial charge in [-0.05, 0) is 26.0 Å². The Bertz CT molecular complexity index is 396. The molecule has 1 atom stereocenters. The molecule has 3 N–H and O–H groups in total. The van der Waals surface area contributed by atoms with Gasteiger partial charge in [-0.2, -0.15) is 0 Å². The molecule has 0 bridgehead atoms. The fourth-order valence-corrected chi connectivity index (χ4v) is 1.28. The summed E-state index contributed by atoms with van der Waals surface area (Å²) in [5.41, 5.74) is 6.13. The predicted molar refractivity (Wildman–Crippen MR) is 68.5 cm³/mol. The van der Waals surface area contributed by atoms with Crippen molar-refractivity contribution in [1.82, 2.24) is 4.98 Å². The first kappa shape index (κ1) is 14.4. The lowest BCUT2D eigenvalue weighted by atomic mass is 10.3. The molecule has 18 heavy (non-hydrogen) atoms. The first-order valence-electron chi connectivity index (χ1n) is 5.71. The van der Waals surface area contributed by atoms with Crippen LogP contribution in [0.5, 0.6) is 5.88 Å². The zero-order valence-corrected chi connectivity index (χ0v) is 10.8. The van der Waals surface area contributed by atoms with Crippen molar-refractivity contribution in [2.75, 3.05) is 19.0 Å². The van der Waals surface area contributed by atoms with Crippen LogP contribution in [0.4, 0.5) is 5.69 Å². The summed E-state index contributed by atoms with van der Waals surface area (Å²) in [4.78, 5) is 15.8. The number of ether oxygens (including phenoxy) is 2. The molecule has 1 amide bonds. The SMILES string of the molecule is COCC(N)C(=O)Nc1cccnc1OC(C)C. The number of pyridine rings is 1. The zero-order chi connectivity index (χ0) is 13.5. The van der Waals surface area contributed by atoms with E-state index in [1.54, 1.807) is 18.3 Å². The highest BCUT2D eigenvalue weighted by Gasteiger charge is 2.16. The number of hydrogen-bond acceptors (Lipinski definition) is 5. The molecule has 1 rings (SSSR count). The van der Waals surface area contributed by atoms with Gasteiger partial charge in [-0.25, -0.2) is 4.98 Å². The minimum Gasteiger partial charge on any atom is -0.473 e. The standard InChI is InChI=1S/C12H19N3O3/c1-8(2)18-12-10(5-4-6-14-12)15-11(16)9(13)7-17-3/h4-6,8-9H,7,13H2,1-3H3,(H,15,16). The highest BCUT2D eigenvalue weighted by atomic mass is 16.5. The van der Waals surface area contributed by atoms with Crippen molar-refractivity contribution in [2.24, 2.45) is 5.73 Å². The van der Waals surface area contributed by atoms with Crippen molar-refractivity contribution < 1.29 is 14.3 Å². The molecule has 0 aliphatic rings. The minimum absolute atomic E-state index is 0.0248. The van der Waals surface area contributed by atoms with Crippen LogP contribution in [-0.4, -0.2) is 36.8 Å². The fraction of sp³-hybridized carbons (Fsp3) is 0.500. The van der Waals surface area contributed by atoms with Gasteiger partial charge in [0.05, 0.1) is 12.7 Å². The van der Waals surface area contributed by atoms with Gasteiger partial charge in [0.1, 0.15) is 11.7 Å². The topological polar surface area (TPSA) is 86.5 Å². The Balaban J connectivity index is 2.74. The molecule has 1 unspecified atom stereocenters. The summed E-state index contributed by atoms with van der Waals surface area (Å²) >= 11 is 0. The molecular formula is C12H19N3O3. The number of anilines is 1. The van der Waals surface area contributed by atoms with Crippen LogP contribution in [0.15, 0.2) is 18.3 Å². The van der Waals surface area contributed by atoms with E-state index in [1.165, 1.54) is 7.11 Å². The van der Waals surface area contributed by atoms with E-state index in [4.69, 9.17) is 15.2 Å². The quantitative estimate of drug-likeness (QED) is 0.782. The molecule has 1 aromatic rings. The van der Waals surface area contributed by atoms with Gasteiger partial charge in [-0.15, -0.1) is 0 Å². The van der Waals surface area contributed by atoms with E-state index in [-0.39, 0.29) is 18.6 Å². The first-order valence-corrected chi connectivity index (χ1v) is 5.71. The summed E-state index contributed by atoms with van der Waals surface area (Å²) in [6.45, 7) is 3.93. The van der Waals surface area contributed by atoms with Crippen LogP contribution in [0.2, 0.25) is 0 Å². The number of rotatable bonds is 6. The van der Waals surface area contributed by atoms with Crippen LogP contribution in [0, 0.1) is 0 Å². The average molecular weight is 253 g/mol. The van der Waals surface area contributed by atoms with E-state index in [9.17, 15) is 4.79 Å². The minimum atomic E-state index is -0.720. The smallest absolute Gasteiger partial charge is 0.243 e. The Hall–Kier alpha value is -1.66. The summed E-state index contributed by atoms with van der Waals surface area (Å²) in [7, 11) is 1.49. The summed E-state index contributed by atoms with van der Waals surface area (Å²) < 4.78 is 10.3. The molecule has 0 aromatic carbocycles. The second-order valence-corrected chi connectivity index (χ2v) is 4.07. The maximum Gasteiger partial charge on any atom is 0.243 e. The average Bonchev–Trinajstić information content (AvgIpc) is 2.31. The number of aromatic nitrogens is 1. The monoisotopic (exact) mass is 253 g/mol. The number of nitrogens with one attached hydrogen (secondary N) is 1. The van der Waals surface area contributed by atoms with Crippen LogP contribution in [0.1, 0.15) is 13.8 Å². The van der Waals surface area contributed by atoms with Crippen LogP contribution >= 0.6 is 0 Å². The highest BCUT2D eigenvalue weighted by molar-refractivity contribution is 5.95. The third-order valence-corrected chi connectivity index (χ3v) is 2.06. The number of nitrogens with zero attached hydrogens (tertiary/aromatic N) is 1. The molecule has 0 saturated heterocycles. The van der Waals surface area contributed by atoms with E-state index in [0.29, 0.717) is 11.6 Å². The molecule has 0 fully saturated rings. The maximum atomic E-state index is 11.7. The first-order chi connectivity index (χ1) is 8.54. The second-order valence-electron chi connectivity index (χ2n) is 4.07. The molecule has 6 heteroatoms. The van der Waals surface area contributed by atoms with Gasteiger partial charge in [-0.3, -0.25) is 4.79 Å². The molecule has 1 heterocycles. The van der Waals surface area contributed by atoms with Crippen molar-refractivity contribution in [3.63, 3.8) is 0 Å². The van der Waals surface area contributed by atoms with E-state index in [2.05, 4.69) is 10.3 Å². The van der Waals surface area contributed by atoms with E-state index in [0.717, 1.165) is 0 Å². The van der Waals surface area contributed by atoms with E-state index in [1.807, 2.05) is 13.8 Å². The van der Waals surface area contributed by atoms with Crippen molar-refractivity contribution in [3.8, 4) is 5.88 Å². The van der Waals surface area contributed by atoms with Crippen LogP contribution in [0.25, 0.3) is 0 Å². The number of amides is 1. The second kappa shape index (κ2) is 6.93. The molecule has 0 aliphatic carbocycles. The number of carbonyl (C=O) groups excluding carboxylic acids is 1. The van der Waals surface area contributed by atoms with Crippen LogP contribution in [0.3, 0.4) is 0 Å². The van der Waals surface area contributed by atoms with Crippen LogP contribution < -0.4 is 15.8 Å². The lowest BCUT2D eigenvalue weighted by Gasteiger charge is -2.15. The molecule has 0 aliphatic heterocycles. The zero-order valence-electron chi connectivity index (χ0n) is 10.8. The highest BCUT2D eigenvalue weighted by Crippen LogP contribution is 2.21. The van der Waals surface area contributed by atoms with Gasteiger partial charge < -0.3 is 20.5 Å². The maximum absolute atomic E-state index is 11.7. The fourth-order valence-electron chi connectivity index (χ4n) is 1.28. The predicted octanol–water partition coefficient (Wildman–Crippen LogP) is 0.781. The molecule has 1 aromatic heterocycles. The number of methoxy groups -OCH3 is 1. The van der Waals surface area contributed by atoms with E-state index >= 15 is 0 Å². The largest absolute Gasteiger partial charge is 0.473 e. The van der Waals surface area contributed by atoms with Gasteiger partial charge in [0, 0.05) is 13.3 Å². The number of nitrogens with two attached hydrogens (primary N) is 1. The van der Waals surface area contributed by atoms with Crippen molar-refractivity contribution >= 4 is 11.6 Å². The van der Waals surface area contributed by atoms with Crippen molar-refractivity contribution in [3.05, 3.63) is 18.3 Å². The van der Waals surface area contributed by atoms with Gasteiger partial charge in [-0.1, -0.05) is 0 Å². The summed E-state index contributed by atoms with van der Waals surface area (Å²) in [6, 6.07) is 2.70. The molecule has 6 nitrogen and oxygen atoms in total. The summed E-state index contributed by atoms with van der Waals surface area (Å²) in [5.74, 6) is 0.0453. The molecule has 0 radical (unpaired) electrons. The van der Waals surface area contributed by atoms with E-state index < -0.39 is 6.04 Å². The van der Waals surface area contributed by atoms with Crippen molar-refractivity contribution in [2.45, 2.75) is 26.0 Å². The Morgan fingerprint density at radius 2 is 2.28 bits per heavy atom. The Morgan fingerprint density at radius 1 is 1.56 bits per heavy atom. The third-order valence-electron chi connectivity index (χ3n) is 2.06. The Labute approximate surface area is 106 Å². The normalized spacial score (nSPS) is 12.3. The van der Waals surface area contributed by atoms with Gasteiger partial charge in [0.25, 0.3) is 0 Å². The summed E-state index contributed by atoms with van der Waals surface area (Å²) in [6.07, 6.45) is 1.57. The van der Waals surface area contributed by atoms with Gasteiger partial charge >= 0.3 is 0 Å².